The molecule has 1 aliphatic carbocycles. The van der Waals surface area contributed by atoms with Gasteiger partial charge in [0.1, 0.15) is 0 Å². The molecule has 0 spiro atoms. The molecule has 1 atom stereocenters. The van der Waals surface area contributed by atoms with Crippen molar-refractivity contribution in [2.45, 2.75) is 65.2 Å². The van der Waals surface area contributed by atoms with E-state index in [1.54, 1.807) is 0 Å². The van der Waals surface area contributed by atoms with Gasteiger partial charge in [-0.1, -0.05) is 46.0 Å². The van der Waals surface area contributed by atoms with Gasteiger partial charge in [-0.3, -0.25) is 0 Å². The summed E-state index contributed by atoms with van der Waals surface area (Å²) in [5.41, 5.74) is 0. The highest BCUT2D eigenvalue weighted by molar-refractivity contribution is 4.67. The number of hydrogen-bond acceptors (Lipinski definition) is 1. The molecule has 1 saturated carbocycles. The summed E-state index contributed by atoms with van der Waals surface area (Å²) in [6.07, 6.45) is 11.6. The highest BCUT2D eigenvalue weighted by Crippen LogP contribution is 2.28. The van der Waals surface area contributed by atoms with Crippen LogP contribution >= 0.6 is 0 Å². The van der Waals surface area contributed by atoms with Crippen molar-refractivity contribution in [2.75, 3.05) is 13.1 Å². The van der Waals surface area contributed by atoms with Crippen LogP contribution < -0.4 is 5.32 Å². The van der Waals surface area contributed by atoms with Crippen molar-refractivity contribution in [1.82, 2.24) is 5.32 Å². The SMILES string of the molecule is CCCC(C)CNCCCC1CCCC1. The molecule has 1 nitrogen and oxygen atoms in total. The molecule has 1 unspecified atom stereocenters. The molecule has 1 rings (SSSR count). The monoisotopic (exact) mass is 211 g/mol. The predicted octanol–water partition coefficient (Wildman–Crippen LogP) is 3.98. The van der Waals surface area contributed by atoms with E-state index < -0.39 is 0 Å². The van der Waals surface area contributed by atoms with E-state index in [0.717, 1.165) is 11.8 Å². The third-order valence-corrected chi connectivity index (χ3v) is 3.71. The van der Waals surface area contributed by atoms with Crippen LogP contribution in [0.1, 0.15) is 65.2 Å². The van der Waals surface area contributed by atoms with Gasteiger partial charge >= 0.3 is 0 Å². The highest BCUT2D eigenvalue weighted by atomic mass is 14.8. The summed E-state index contributed by atoms with van der Waals surface area (Å²) in [5.74, 6) is 1.93. The minimum absolute atomic E-state index is 0.862. The normalized spacial score (nSPS) is 19.6. The van der Waals surface area contributed by atoms with Crippen LogP contribution in [0.5, 0.6) is 0 Å². The Morgan fingerprint density at radius 3 is 2.67 bits per heavy atom. The zero-order valence-electron chi connectivity index (χ0n) is 10.7. The largest absolute Gasteiger partial charge is 0.316 e. The van der Waals surface area contributed by atoms with Gasteiger partial charge in [0.2, 0.25) is 0 Å². The lowest BCUT2D eigenvalue weighted by Gasteiger charge is -2.12. The van der Waals surface area contributed by atoms with Crippen molar-refractivity contribution in [3.05, 3.63) is 0 Å². The fourth-order valence-electron chi connectivity index (χ4n) is 2.76. The molecule has 1 N–H and O–H groups in total. The molecule has 0 aromatic rings. The zero-order valence-corrected chi connectivity index (χ0v) is 10.7. The van der Waals surface area contributed by atoms with Gasteiger partial charge in [-0.25, -0.2) is 0 Å². The Kier molecular flexibility index (Phi) is 7.08. The van der Waals surface area contributed by atoms with Crippen LogP contribution in [-0.4, -0.2) is 13.1 Å². The smallest absolute Gasteiger partial charge is 0.00232 e. The van der Waals surface area contributed by atoms with Gasteiger partial charge in [-0.15, -0.1) is 0 Å². The molecule has 1 fully saturated rings. The first-order valence-electron chi connectivity index (χ1n) is 7.03. The van der Waals surface area contributed by atoms with Gasteiger partial charge in [0.25, 0.3) is 0 Å². The van der Waals surface area contributed by atoms with Crippen LogP contribution in [0.15, 0.2) is 0 Å². The second-order valence-corrected chi connectivity index (χ2v) is 5.39. The van der Waals surface area contributed by atoms with Crippen molar-refractivity contribution in [2.24, 2.45) is 11.8 Å². The van der Waals surface area contributed by atoms with Gasteiger partial charge in [0, 0.05) is 0 Å². The Morgan fingerprint density at radius 1 is 1.27 bits per heavy atom. The van der Waals surface area contributed by atoms with E-state index in [-0.39, 0.29) is 0 Å². The molecular formula is C14H29N. The summed E-state index contributed by atoms with van der Waals surface area (Å²) in [7, 11) is 0. The first-order chi connectivity index (χ1) is 7.33. The van der Waals surface area contributed by atoms with Crippen LogP contribution in [-0.2, 0) is 0 Å². The van der Waals surface area contributed by atoms with Crippen molar-refractivity contribution < 1.29 is 0 Å². The molecule has 0 radical (unpaired) electrons. The van der Waals surface area contributed by atoms with Gasteiger partial charge in [0.15, 0.2) is 0 Å². The van der Waals surface area contributed by atoms with E-state index >= 15 is 0 Å². The third-order valence-electron chi connectivity index (χ3n) is 3.71. The van der Waals surface area contributed by atoms with Crippen LogP contribution in [0.3, 0.4) is 0 Å². The molecule has 1 aliphatic rings. The second-order valence-electron chi connectivity index (χ2n) is 5.39. The Bertz CT molecular complexity index is 138. The lowest BCUT2D eigenvalue weighted by molar-refractivity contribution is 0.440. The van der Waals surface area contributed by atoms with E-state index in [4.69, 9.17) is 0 Å². The van der Waals surface area contributed by atoms with Crippen molar-refractivity contribution in [3.8, 4) is 0 Å². The Labute approximate surface area is 96.0 Å². The van der Waals surface area contributed by atoms with E-state index in [9.17, 15) is 0 Å². The van der Waals surface area contributed by atoms with E-state index in [1.807, 2.05) is 0 Å². The molecule has 0 aromatic carbocycles. The van der Waals surface area contributed by atoms with Crippen LogP contribution in [0.4, 0.5) is 0 Å². The summed E-state index contributed by atoms with van der Waals surface area (Å²) >= 11 is 0. The van der Waals surface area contributed by atoms with E-state index in [1.165, 1.54) is 64.5 Å². The average Bonchev–Trinajstić information content (AvgIpc) is 2.70. The minimum Gasteiger partial charge on any atom is -0.316 e. The van der Waals surface area contributed by atoms with Crippen molar-refractivity contribution in [1.29, 1.82) is 0 Å². The highest BCUT2D eigenvalue weighted by Gasteiger charge is 2.13. The molecule has 0 aliphatic heterocycles. The van der Waals surface area contributed by atoms with Crippen LogP contribution in [0, 0.1) is 11.8 Å². The fourth-order valence-corrected chi connectivity index (χ4v) is 2.76. The van der Waals surface area contributed by atoms with Crippen LogP contribution in [0.25, 0.3) is 0 Å². The van der Waals surface area contributed by atoms with Gasteiger partial charge in [0.05, 0.1) is 0 Å². The quantitative estimate of drug-likeness (QED) is 0.599. The van der Waals surface area contributed by atoms with Crippen LogP contribution in [0.2, 0.25) is 0 Å². The molecule has 0 saturated heterocycles. The second kappa shape index (κ2) is 8.15. The number of nitrogens with one attached hydrogen (secondary N) is 1. The Balaban J connectivity index is 1.84. The molecule has 0 aromatic heterocycles. The summed E-state index contributed by atoms with van der Waals surface area (Å²) < 4.78 is 0. The minimum atomic E-state index is 0.862. The van der Waals surface area contributed by atoms with Crippen molar-refractivity contribution in [3.63, 3.8) is 0 Å². The Morgan fingerprint density at radius 2 is 2.00 bits per heavy atom. The summed E-state index contributed by atoms with van der Waals surface area (Å²) in [6.45, 7) is 7.09. The first kappa shape index (κ1) is 13.0. The van der Waals surface area contributed by atoms with E-state index in [2.05, 4.69) is 19.2 Å². The van der Waals surface area contributed by atoms with E-state index in [0.29, 0.717) is 0 Å². The lowest BCUT2D eigenvalue weighted by atomic mass is 10.0. The zero-order chi connectivity index (χ0) is 10.9. The topological polar surface area (TPSA) is 12.0 Å². The fraction of sp³-hybridized carbons (Fsp3) is 1.00. The molecule has 0 heterocycles. The summed E-state index contributed by atoms with van der Waals surface area (Å²) in [5, 5.41) is 3.59. The summed E-state index contributed by atoms with van der Waals surface area (Å²) in [6, 6.07) is 0. The maximum absolute atomic E-state index is 3.59. The molecule has 1 heteroatoms. The number of hydrogen-bond donors (Lipinski definition) is 1. The molecule has 0 amide bonds. The predicted molar refractivity (Wildman–Crippen MR) is 68.1 cm³/mol. The third kappa shape index (κ3) is 6.19. The average molecular weight is 211 g/mol. The standard InChI is InChI=1S/C14H29N/c1-3-7-13(2)12-15-11-6-10-14-8-4-5-9-14/h13-15H,3-12H2,1-2H3. The van der Waals surface area contributed by atoms with Crippen molar-refractivity contribution >= 4 is 0 Å². The van der Waals surface area contributed by atoms with Gasteiger partial charge in [-0.2, -0.15) is 0 Å². The van der Waals surface area contributed by atoms with Gasteiger partial charge in [-0.05, 0) is 44.2 Å². The Hall–Kier alpha value is -0.0400. The summed E-state index contributed by atoms with van der Waals surface area (Å²) in [4.78, 5) is 0. The molecule has 90 valence electrons. The first-order valence-corrected chi connectivity index (χ1v) is 7.03. The maximum atomic E-state index is 3.59. The number of rotatable bonds is 8. The molecule has 0 bridgehead atoms. The maximum Gasteiger partial charge on any atom is -0.00232 e. The van der Waals surface area contributed by atoms with Gasteiger partial charge < -0.3 is 5.32 Å². The molecular weight excluding hydrogens is 182 g/mol. The lowest BCUT2D eigenvalue weighted by Crippen LogP contribution is -2.22. The molecule has 15 heavy (non-hydrogen) atoms.